The predicted molar refractivity (Wildman–Crippen MR) is 86.5 cm³/mol. The van der Waals surface area contributed by atoms with Crippen LogP contribution in [0.1, 0.15) is 11.1 Å². The minimum absolute atomic E-state index is 0.0945. The summed E-state index contributed by atoms with van der Waals surface area (Å²) in [6, 6.07) is 13.0. The highest BCUT2D eigenvalue weighted by Crippen LogP contribution is 2.26. The lowest BCUT2D eigenvalue weighted by Gasteiger charge is -2.10. The maximum atomic E-state index is 12.2. The zero-order valence-electron chi connectivity index (χ0n) is 12.1. The van der Waals surface area contributed by atoms with Crippen LogP contribution in [0.15, 0.2) is 53.4 Å². The second-order valence-electron chi connectivity index (χ2n) is 4.64. The summed E-state index contributed by atoms with van der Waals surface area (Å²) >= 11 is 0.452. The second-order valence-corrected chi connectivity index (χ2v) is 5.70. The molecule has 2 amide bonds. The van der Waals surface area contributed by atoms with E-state index in [0.717, 1.165) is 11.1 Å². The number of thioether (sulfide) groups is 1. The van der Waals surface area contributed by atoms with Crippen LogP contribution in [-0.4, -0.2) is 16.9 Å². The largest absolute Gasteiger partial charge is 0.392 e. The van der Waals surface area contributed by atoms with Crippen LogP contribution in [0.3, 0.4) is 0 Å². The molecule has 0 saturated heterocycles. The second kappa shape index (κ2) is 8.50. The van der Waals surface area contributed by atoms with E-state index < -0.39 is 11.8 Å². The first-order chi connectivity index (χ1) is 11.1. The van der Waals surface area contributed by atoms with E-state index >= 15 is 0 Å². The van der Waals surface area contributed by atoms with Crippen LogP contribution in [0.4, 0.5) is 19.3 Å². The highest BCUT2D eigenvalue weighted by atomic mass is 32.2. The molecule has 23 heavy (non-hydrogen) atoms. The Morgan fingerprint density at radius 1 is 1.09 bits per heavy atom. The molecule has 0 atom stereocenters. The van der Waals surface area contributed by atoms with Crippen LogP contribution < -0.4 is 10.6 Å². The average Bonchev–Trinajstić information content (AvgIpc) is 2.54. The minimum Gasteiger partial charge on any atom is -0.392 e. The van der Waals surface area contributed by atoms with Crippen molar-refractivity contribution in [1.82, 2.24) is 5.32 Å². The summed E-state index contributed by atoms with van der Waals surface area (Å²) in [6.07, 6.45) is 0. The number of aliphatic hydroxyl groups excluding tert-OH is 1. The number of alkyl halides is 2. The van der Waals surface area contributed by atoms with Crippen LogP contribution in [0, 0.1) is 0 Å². The van der Waals surface area contributed by atoms with E-state index in [2.05, 4.69) is 10.6 Å². The fraction of sp³-hybridized carbons (Fsp3) is 0.188. The Labute approximate surface area is 136 Å². The van der Waals surface area contributed by atoms with Gasteiger partial charge < -0.3 is 15.7 Å². The molecule has 122 valence electrons. The van der Waals surface area contributed by atoms with Gasteiger partial charge in [-0.3, -0.25) is 0 Å². The van der Waals surface area contributed by atoms with Crippen molar-refractivity contribution in [2.75, 3.05) is 5.32 Å². The fourth-order valence-electron chi connectivity index (χ4n) is 1.95. The summed E-state index contributed by atoms with van der Waals surface area (Å²) in [5.41, 5.74) is 2.09. The summed E-state index contributed by atoms with van der Waals surface area (Å²) in [5, 5.41) is 14.5. The molecule has 0 fully saturated rings. The number of carbonyl (C=O) groups excluding carboxylic acids is 1. The topological polar surface area (TPSA) is 61.4 Å². The summed E-state index contributed by atoms with van der Waals surface area (Å²) in [5.74, 6) is -2.47. The number of aliphatic hydroxyl groups is 1. The standard InChI is InChI=1S/C16H16F2N2O2S/c17-15(18)23-14-7-5-13(6-8-14)20-16(22)19-9-11-3-1-2-4-12(11)10-21/h1-8,15,21H,9-10H2,(H2,19,20,22). The van der Waals surface area contributed by atoms with Gasteiger partial charge in [0.1, 0.15) is 0 Å². The Morgan fingerprint density at radius 3 is 2.35 bits per heavy atom. The van der Waals surface area contributed by atoms with E-state index in [1.54, 1.807) is 18.2 Å². The first-order valence-corrected chi connectivity index (χ1v) is 7.74. The van der Waals surface area contributed by atoms with Gasteiger partial charge in [0.15, 0.2) is 0 Å². The molecule has 4 nitrogen and oxygen atoms in total. The van der Waals surface area contributed by atoms with Crippen LogP contribution in [-0.2, 0) is 13.2 Å². The molecule has 2 aromatic carbocycles. The number of benzene rings is 2. The summed E-state index contributed by atoms with van der Waals surface area (Å²) < 4.78 is 24.4. The average molecular weight is 338 g/mol. The van der Waals surface area contributed by atoms with Gasteiger partial charge in [0.2, 0.25) is 0 Å². The Morgan fingerprint density at radius 2 is 1.74 bits per heavy atom. The van der Waals surface area contributed by atoms with Gasteiger partial charge in [-0.2, -0.15) is 8.78 Å². The smallest absolute Gasteiger partial charge is 0.319 e. The van der Waals surface area contributed by atoms with E-state index in [-0.39, 0.29) is 13.2 Å². The van der Waals surface area contributed by atoms with Crippen LogP contribution in [0.5, 0.6) is 0 Å². The first-order valence-electron chi connectivity index (χ1n) is 6.86. The lowest BCUT2D eigenvalue weighted by Crippen LogP contribution is -2.28. The van der Waals surface area contributed by atoms with Crippen LogP contribution in [0.25, 0.3) is 0 Å². The van der Waals surface area contributed by atoms with E-state index in [9.17, 15) is 18.7 Å². The number of anilines is 1. The highest BCUT2D eigenvalue weighted by Gasteiger charge is 2.07. The zero-order chi connectivity index (χ0) is 16.7. The number of urea groups is 1. The molecule has 0 spiro atoms. The molecule has 0 radical (unpaired) electrons. The van der Waals surface area contributed by atoms with Gasteiger partial charge in [-0.15, -0.1) is 0 Å². The van der Waals surface area contributed by atoms with Gasteiger partial charge in [-0.25, -0.2) is 4.79 Å². The van der Waals surface area contributed by atoms with Crippen LogP contribution >= 0.6 is 11.8 Å². The van der Waals surface area contributed by atoms with Crippen molar-refractivity contribution >= 4 is 23.5 Å². The van der Waals surface area contributed by atoms with Crippen molar-refractivity contribution in [2.24, 2.45) is 0 Å². The third-order valence-electron chi connectivity index (χ3n) is 3.07. The Balaban J connectivity index is 1.87. The minimum atomic E-state index is -2.47. The van der Waals surface area contributed by atoms with E-state index in [1.165, 1.54) is 12.1 Å². The lowest BCUT2D eigenvalue weighted by atomic mass is 10.1. The third kappa shape index (κ3) is 5.54. The highest BCUT2D eigenvalue weighted by molar-refractivity contribution is 7.99. The fourth-order valence-corrected chi connectivity index (χ4v) is 2.45. The molecule has 2 rings (SSSR count). The number of nitrogens with one attached hydrogen (secondary N) is 2. The SMILES string of the molecule is O=C(NCc1ccccc1CO)Nc1ccc(SC(F)F)cc1. The Hall–Kier alpha value is -2.12. The number of halogens is 2. The van der Waals surface area contributed by atoms with Gasteiger partial charge in [0.05, 0.1) is 6.61 Å². The summed E-state index contributed by atoms with van der Waals surface area (Å²) in [7, 11) is 0. The Kier molecular flexibility index (Phi) is 6.37. The number of carbonyl (C=O) groups is 1. The number of amides is 2. The molecular formula is C16H16F2N2O2S. The molecule has 0 saturated carbocycles. The quantitative estimate of drug-likeness (QED) is 0.702. The third-order valence-corrected chi connectivity index (χ3v) is 3.79. The van der Waals surface area contributed by atoms with Crippen LogP contribution in [0.2, 0.25) is 0 Å². The van der Waals surface area contributed by atoms with Gasteiger partial charge in [0, 0.05) is 17.1 Å². The predicted octanol–water partition coefficient (Wildman–Crippen LogP) is 3.82. The maximum Gasteiger partial charge on any atom is 0.319 e. The molecule has 3 N–H and O–H groups in total. The lowest BCUT2D eigenvalue weighted by molar-refractivity contribution is 0.251. The molecule has 0 heterocycles. The van der Waals surface area contributed by atoms with Crippen molar-refractivity contribution in [1.29, 1.82) is 0 Å². The molecule has 0 aliphatic heterocycles. The molecular weight excluding hydrogens is 322 g/mol. The first kappa shape index (κ1) is 17.2. The molecule has 0 aliphatic rings. The maximum absolute atomic E-state index is 12.2. The van der Waals surface area contributed by atoms with E-state index in [0.29, 0.717) is 22.3 Å². The number of rotatable bonds is 6. The molecule has 0 aromatic heterocycles. The van der Waals surface area contributed by atoms with Crippen molar-refractivity contribution in [2.45, 2.75) is 23.8 Å². The van der Waals surface area contributed by atoms with E-state index in [1.807, 2.05) is 18.2 Å². The van der Waals surface area contributed by atoms with Gasteiger partial charge in [0.25, 0.3) is 5.76 Å². The normalized spacial score (nSPS) is 10.6. The van der Waals surface area contributed by atoms with Gasteiger partial charge >= 0.3 is 6.03 Å². The molecule has 0 aliphatic carbocycles. The summed E-state index contributed by atoms with van der Waals surface area (Å²) in [4.78, 5) is 12.3. The summed E-state index contributed by atoms with van der Waals surface area (Å²) in [6.45, 7) is 0.185. The van der Waals surface area contributed by atoms with Crippen molar-refractivity contribution in [3.63, 3.8) is 0 Å². The van der Waals surface area contributed by atoms with Crippen molar-refractivity contribution in [3.05, 3.63) is 59.7 Å². The van der Waals surface area contributed by atoms with E-state index in [4.69, 9.17) is 0 Å². The van der Waals surface area contributed by atoms with Gasteiger partial charge in [-0.1, -0.05) is 36.0 Å². The molecule has 0 bridgehead atoms. The molecule has 0 unspecified atom stereocenters. The van der Waals surface area contributed by atoms with Gasteiger partial charge in [-0.05, 0) is 35.4 Å². The Bertz CT molecular complexity index is 651. The van der Waals surface area contributed by atoms with Crippen molar-refractivity contribution < 1.29 is 18.7 Å². The molecule has 7 heteroatoms. The van der Waals surface area contributed by atoms with Crippen molar-refractivity contribution in [3.8, 4) is 0 Å². The monoisotopic (exact) mass is 338 g/mol. The number of hydrogen-bond donors (Lipinski definition) is 3. The zero-order valence-corrected chi connectivity index (χ0v) is 12.9. The molecule has 2 aromatic rings. The number of hydrogen-bond acceptors (Lipinski definition) is 3.